The van der Waals surface area contributed by atoms with E-state index >= 15 is 0 Å². The number of piperidine rings is 1. The number of aromatic nitrogens is 1. The summed E-state index contributed by atoms with van der Waals surface area (Å²) in [5.74, 6) is -0.781. The third kappa shape index (κ3) is 6.04. The van der Waals surface area contributed by atoms with Gasteiger partial charge in [0.15, 0.2) is 0 Å². The molecule has 2 fully saturated rings. The topological polar surface area (TPSA) is 163 Å². The molecule has 0 aliphatic carbocycles. The molecule has 1 unspecified atom stereocenters. The number of fused-ring (bicyclic) bond motifs is 2. The number of hydrogen-bond donors (Lipinski definition) is 2. The van der Waals surface area contributed by atoms with Crippen LogP contribution >= 0.6 is 0 Å². The third-order valence-corrected chi connectivity index (χ3v) is 10.5. The molecule has 5 heterocycles. The van der Waals surface area contributed by atoms with Crippen LogP contribution in [-0.4, -0.2) is 109 Å². The number of methoxy groups -OCH3 is 2. The summed E-state index contributed by atoms with van der Waals surface area (Å²) in [5, 5.41) is 4.87. The number of hydrogen-bond acceptors (Lipinski definition) is 10. The van der Waals surface area contributed by atoms with Gasteiger partial charge >= 0.3 is 6.03 Å². The molecule has 15 nitrogen and oxygen atoms in total. The molecular weight excluding hydrogens is 670 g/mol. The highest BCUT2D eigenvalue weighted by Crippen LogP contribution is 2.39. The Morgan fingerprint density at radius 2 is 1.56 bits per heavy atom. The number of nitrogens with zero attached hydrogens (tertiary/aromatic N) is 5. The van der Waals surface area contributed by atoms with Crippen LogP contribution in [0.4, 0.5) is 10.5 Å². The van der Waals surface area contributed by atoms with Gasteiger partial charge < -0.3 is 29.2 Å². The lowest BCUT2D eigenvalue weighted by molar-refractivity contribution is -0.136. The summed E-state index contributed by atoms with van der Waals surface area (Å²) in [7, 11) is 6.54. The molecule has 52 heavy (non-hydrogen) atoms. The van der Waals surface area contributed by atoms with Gasteiger partial charge in [-0.15, -0.1) is 0 Å². The number of benzene rings is 2. The van der Waals surface area contributed by atoms with Crippen LogP contribution in [0, 0.1) is 0 Å². The van der Waals surface area contributed by atoms with Gasteiger partial charge in [0, 0.05) is 82.8 Å². The van der Waals surface area contributed by atoms with E-state index in [-0.39, 0.29) is 42.1 Å². The van der Waals surface area contributed by atoms with E-state index in [1.54, 1.807) is 49.9 Å². The average Bonchev–Trinajstić information content (AvgIpc) is 3.40. The van der Waals surface area contributed by atoms with Crippen LogP contribution in [0.2, 0.25) is 0 Å². The van der Waals surface area contributed by atoms with Crippen molar-refractivity contribution in [2.75, 3.05) is 58.9 Å². The fraction of sp³-hybridized carbons (Fsp3) is 0.405. The first kappa shape index (κ1) is 34.7. The molecule has 272 valence electrons. The standard InChI is InChI=1S/C37H41N7O8/c1-38-37(50)43-10-9-23-26(18-40(2)34(47)27(23)20-43)21-15-30(51-3)28(31(16-21)52-4)19-41-11-13-42(14-12-41)22-5-6-24-25(17-22)36(49)44(35(24)48)29-7-8-32(45)39-33(29)46/h5-6,15-18,29H,7-14,19-20H2,1-4H3,(H,38,50)(H,39,45,46). The Hall–Kier alpha value is -5.70. The number of carbonyl (C=O) groups is 5. The van der Waals surface area contributed by atoms with E-state index in [0.717, 1.165) is 32.8 Å². The van der Waals surface area contributed by atoms with E-state index < -0.39 is 29.7 Å². The largest absolute Gasteiger partial charge is 0.496 e. The fourth-order valence-corrected chi connectivity index (χ4v) is 7.72. The molecule has 2 aromatic carbocycles. The highest BCUT2D eigenvalue weighted by molar-refractivity contribution is 6.23. The van der Waals surface area contributed by atoms with Gasteiger partial charge in [-0.05, 0) is 54.3 Å². The van der Waals surface area contributed by atoms with Crippen LogP contribution < -0.4 is 30.6 Å². The molecular formula is C37H41N7O8. The van der Waals surface area contributed by atoms with E-state index in [1.165, 1.54) is 0 Å². The summed E-state index contributed by atoms with van der Waals surface area (Å²) in [5.41, 5.74) is 5.33. The second-order valence-electron chi connectivity index (χ2n) is 13.4. The second kappa shape index (κ2) is 13.8. The number of nitrogens with one attached hydrogen (secondary N) is 2. The SMILES string of the molecule is CNC(=O)N1CCc2c(-c3cc(OC)c(CN4CCN(c5ccc6c(c5)C(=O)N(C5CCC(=O)NC5=O)C6=O)CC4)c(OC)c3)cn(C)c(=O)c2C1. The van der Waals surface area contributed by atoms with E-state index in [0.29, 0.717) is 62.8 Å². The number of pyridine rings is 1. The monoisotopic (exact) mass is 711 g/mol. The molecule has 2 saturated heterocycles. The van der Waals surface area contributed by atoms with Crippen LogP contribution in [0.5, 0.6) is 11.5 Å². The molecule has 1 aromatic heterocycles. The van der Waals surface area contributed by atoms with Crippen molar-refractivity contribution in [1.29, 1.82) is 0 Å². The van der Waals surface area contributed by atoms with E-state index in [9.17, 15) is 28.8 Å². The highest BCUT2D eigenvalue weighted by Gasteiger charge is 2.45. The summed E-state index contributed by atoms with van der Waals surface area (Å²) in [4.78, 5) is 83.2. The Balaban J connectivity index is 1.07. The van der Waals surface area contributed by atoms with Gasteiger partial charge in [-0.2, -0.15) is 0 Å². The van der Waals surface area contributed by atoms with Crippen LogP contribution in [0.1, 0.15) is 50.2 Å². The number of imide groups is 2. The maximum absolute atomic E-state index is 13.4. The van der Waals surface area contributed by atoms with Crippen molar-refractivity contribution in [3.05, 3.63) is 74.7 Å². The van der Waals surface area contributed by atoms with Crippen LogP contribution in [0.25, 0.3) is 11.1 Å². The van der Waals surface area contributed by atoms with Gasteiger partial charge in [-0.25, -0.2) is 4.79 Å². The molecule has 2 N–H and O–H groups in total. The zero-order chi connectivity index (χ0) is 36.8. The number of aryl methyl sites for hydroxylation is 1. The van der Waals surface area contributed by atoms with Crippen molar-refractivity contribution in [3.63, 3.8) is 0 Å². The van der Waals surface area contributed by atoms with Crippen LogP contribution in [0.3, 0.4) is 0 Å². The van der Waals surface area contributed by atoms with Gasteiger partial charge in [-0.3, -0.25) is 39.1 Å². The lowest BCUT2D eigenvalue weighted by Gasteiger charge is -2.36. The van der Waals surface area contributed by atoms with Gasteiger partial charge in [0.2, 0.25) is 11.8 Å². The molecule has 15 heteroatoms. The summed E-state index contributed by atoms with van der Waals surface area (Å²) < 4.78 is 13.4. The third-order valence-electron chi connectivity index (χ3n) is 10.5. The van der Waals surface area contributed by atoms with Crippen LogP contribution in [-0.2, 0) is 36.1 Å². The molecule has 4 aliphatic heterocycles. The number of anilines is 1. The number of ether oxygens (including phenoxy) is 2. The molecule has 1 atom stereocenters. The summed E-state index contributed by atoms with van der Waals surface area (Å²) in [6.45, 7) is 4.02. The Morgan fingerprint density at radius 1 is 0.865 bits per heavy atom. The highest BCUT2D eigenvalue weighted by atomic mass is 16.5. The number of carbonyl (C=O) groups excluding carboxylic acids is 5. The van der Waals surface area contributed by atoms with Crippen molar-refractivity contribution in [2.45, 2.75) is 38.4 Å². The van der Waals surface area contributed by atoms with Crippen molar-refractivity contribution in [2.24, 2.45) is 7.05 Å². The smallest absolute Gasteiger partial charge is 0.317 e. The predicted molar refractivity (Wildman–Crippen MR) is 189 cm³/mol. The van der Waals surface area contributed by atoms with Gasteiger partial charge in [-0.1, -0.05) is 0 Å². The molecule has 0 saturated carbocycles. The summed E-state index contributed by atoms with van der Waals surface area (Å²) >= 11 is 0. The maximum Gasteiger partial charge on any atom is 0.317 e. The number of piperazine rings is 1. The van der Waals surface area contributed by atoms with Crippen molar-refractivity contribution in [3.8, 4) is 22.6 Å². The van der Waals surface area contributed by atoms with Gasteiger partial charge in [0.05, 0.1) is 37.5 Å². The number of urea groups is 1. The first-order chi connectivity index (χ1) is 25.0. The first-order valence-corrected chi connectivity index (χ1v) is 17.3. The van der Waals surface area contributed by atoms with Crippen molar-refractivity contribution in [1.82, 2.24) is 29.9 Å². The van der Waals surface area contributed by atoms with Crippen molar-refractivity contribution >= 4 is 35.3 Å². The molecule has 7 rings (SSSR count). The molecule has 0 radical (unpaired) electrons. The fourth-order valence-electron chi connectivity index (χ4n) is 7.72. The Labute approximate surface area is 300 Å². The Bertz CT molecular complexity index is 2040. The maximum atomic E-state index is 13.4. The quantitative estimate of drug-likeness (QED) is 0.344. The molecule has 3 aromatic rings. The Kier molecular flexibility index (Phi) is 9.21. The van der Waals surface area contributed by atoms with Crippen molar-refractivity contribution < 1.29 is 33.4 Å². The Morgan fingerprint density at radius 3 is 2.21 bits per heavy atom. The molecule has 6 amide bonds. The predicted octanol–water partition coefficient (Wildman–Crippen LogP) is 1.49. The lowest BCUT2D eigenvalue weighted by atomic mass is 9.91. The average molecular weight is 712 g/mol. The minimum absolute atomic E-state index is 0.0681. The van der Waals surface area contributed by atoms with Gasteiger partial charge in [0.1, 0.15) is 17.5 Å². The summed E-state index contributed by atoms with van der Waals surface area (Å²) in [6.07, 6.45) is 2.55. The molecule has 4 aliphatic rings. The minimum Gasteiger partial charge on any atom is -0.496 e. The van der Waals surface area contributed by atoms with Crippen LogP contribution in [0.15, 0.2) is 41.3 Å². The second-order valence-corrected chi connectivity index (χ2v) is 13.4. The van der Waals surface area contributed by atoms with Gasteiger partial charge in [0.25, 0.3) is 17.4 Å². The zero-order valence-corrected chi connectivity index (χ0v) is 29.6. The summed E-state index contributed by atoms with van der Waals surface area (Å²) in [6, 6.07) is 7.90. The van der Waals surface area contributed by atoms with E-state index in [4.69, 9.17) is 9.47 Å². The minimum atomic E-state index is -1.01. The molecule has 0 spiro atoms. The zero-order valence-electron chi connectivity index (χ0n) is 29.6. The normalized spacial score (nSPS) is 19.0. The number of rotatable bonds is 7. The number of amides is 6. The lowest BCUT2D eigenvalue weighted by Crippen LogP contribution is -2.54. The van der Waals surface area contributed by atoms with E-state index in [1.807, 2.05) is 24.4 Å². The molecule has 0 bridgehead atoms. The van der Waals surface area contributed by atoms with E-state index in [2.05, 4.69) is 20.4 Å². The first-order valence-electron chi connectivity index (χ1n) is 17.3.